The molecular formula is C91H98N2O. The number of unbranched alkanes of at least 4 members (excludes halogenated alkanes) is 1. The quantitative estimate of drug-likeness (QED) is 0.0643. The molecule has 1 aromatic heterocycles. The zero-order valence-corrected chi connectivity index (χ0v) is 57.0. The van der Waals surface area contributed by atoms with Gasteiger partial charge in [-0.3, -0.25) is 0 Å². The van der Waals surface area contributed by atoms with Crippen LogP contribution in [0.1, 0.15) is 207 Å². The number of para-hydroxylation sites is 1. The predicted octanol–water partition coefficient (Wildman–Crippen LogP) is 23.9. The zero-order chi connectivity index (χ0) is 64.3. The van der Waals surface area contributed by atoms with Gasteiger partial charge in [0, 0.05) is 62.4 Å². The number of fused-ring (bicyclic) bond motifs is 9. The van der Waals surface area contributed by atoms with E-state index in [1.165, 1.54) is 89.4 Å². The lowest BCUT2D eigenvalue weighted by Gasteiger charge is -2.40. The fourth-order valence-electron chi connectivity index (χ4n) is 18.7. The molecule has 0 N–H and O–H groups in total. The molecule has 0 spiro atoms. The van der Waals surface area contributed by atoms with E-state index in [4.69, 9.17) is 4.74 Å². The first-order valence-corrected chi connectivity index (χ1v) is 36.2. The Balaban J connectivity index is 0.735. The maximum atomic E-state index is 6.76. The fourth-order valence-corrected chi connectivity index (χ4v) is 18.7. The summed E-state index contributed by atoms with van der Waals surface area (Å²) in [6.07, 6.45) is 66.5. The number of hydrogen-bond donors (Lipinski definition) is 0. The van der Waals surface area contributed by atoms with Crippen molar-refractivity contribution in [3.63, 3.8) is 0 Å². The first-order valence-electron chi connectivity index (χ1n) is 36.2. The van der Waals surface area contributed by atoms with Crippen LogP contribution in [-0.4, -0.2) is 16.8 Å². The summed E-state index contributed by atoms with van der Waals surface area (Å²) in [5.74, 6) is 1.62. The molecule has 5 aromatic rings. The Morgan fingerprint density at radius 2 is 1.51 bits per heavy atom. The van der Waals surface area contributed by atoms with Gasteiger partial charge in [-0.25, -0.2) is 0 Å². The molecule has 94 heavy (non-hydrogen) atoms. The van der Waals surface area contributed by atoms with Gasteiger partial charge in [0.1, 0.15) is 0 Å². The minimum Gasteiger partial charge on any atom is -0.371 e. The van der Waals surface area contributed by atoms with E-state index in [2.05, 4.69) is 265 Å². The van der Waals surface area contributed by atoms with E-state index in [1.54, 1.807) is 27.9 Å². The molecule has 4 aromatic carbocycles. The predicted molar refractivity (Wildman–Crippen MR) is 399 cm³/mol. The normalized spacial score (nSPS) is 25.9. The van der Waals surface area contributed by atoms with Crippen LogP contribution < -0.4 is 4.90 Å². The Morgan fingerprint density at radius 3 is 2.24 bits per heavy atom. The molecule has 478 valence electrons. The van der Waals surface area contributed by atoms with Crippen LogP contribution in [0.2, 0.25) is 0 Å². The second-order valence-electron chi connectivity index (χ2n) is 30.4. The molecule has 10 aliphatic rings. The van der Waals surface area contributed by atoms with Gasteiger partial charge in [-0.1, -0.05) is 260 Å². The number of ether oxygens (including phenoxy) is 1. The number of hydrogen-bond acceptors (Lipinski definition) is 2. The van der Waals surface area contributed by atoms with Crippen molar-refractivity contribution in [1.82, 2.24) is 4.57 Å². The number of aromatic nitrogens is 1. The van der Waals surface area contributed by atoms with Crippen LogP contribution in [0.25, 0.3) is 28.1 Å². The summed E-state index contributed by atoms with van der Waals surface area (Å²) in [7, 11) is 0. The smallest absolute Gasteiger partial charge is 0.0797 e. The molecule has 1 heterocycles. The number of rotatable bonds is 18. The number of allylic oxidation sites excluding steroid dienone is 25. The first kappa shape index (κ1) is 62.2. The summed E-state index contributed by atoms with van der Waals surface area (Å²) in [6.45, 7) is 22.5. The Hall–Kier alpha value is -7.98. The SMILES string of the molecule is C=CC1=CC[C@@H](OC(CC)CCCCC2(C3=CC=CCC3)C3=CC(N(C4=CCC(C5=Cc6c(n(C7C=CC8c9ccc(C%10=CC=C(C=C)CC%10)cc9C(C)(C)C8C7)c7ccc(C8=CC=C(C(C)(C)C)CC8)cc67)CC5)C=C4)c4ccccc4)=CCC3c3ccccc32)C=C1. The van der Waals surface area contributed by atoms with E-state index < -0.39 is 0 Å². The highest BCUT2D eigenvalue weighted by Gasteiger charge is 2.51. The third-order valence-electron chi connectivity index (χ3n) is 23.9. The summed E-state index contributed by atoms with van der Waals surface area (Å²) >= 11 is 0. The van der Waals surface area contributed by atoms with Crippen molar-refractivity contribution < 1.29 is 4.74 Å². The van der Waals surface area contributed by atoms with Crippen molar-refractivity contribution in [3.8, 4) is 0 Å². The Bertz CT molecular complexity index is 4310. The largest absolute Gasteiger partial charge is 0.371 e. The number of anilines is 1. The standard InChI is InChI=1S/C91H98N2O/c1-9-61-29-33-63(34-30-61)68-39-50-78-79-51-47-74(59-85(79)90(7,8)84(78)58-68)93-87-53-40-66(64-35-42-69(43-36-64)89(4,5)6)56-81(87)82-57-67(41-54-88(82)93)65-37-44-72(45-38-65)92(71-24-16-13-17-25-71)73-46-52-80-77-27-18-19-28-83(77)91(86(80)60-73,70-22-14-12-15-23-70)55-21-20-26-75(11-3)94-76-48-31-62(10-2)32-49-76/h9-10,12-14,16-19,22,24-25,27-29,31-33,35,37,39-40,42,44-48,50-51,53,56-58,60,65,74-76,79-80,85H,1-2,11,15,20-21,23,26,30,34,36,38,41,43,49,52,54-55,59H2,3-8H3/t65?,74?,75?,76-,79?,80?,85?,91?/m0/s1. The minimum atomic E-state index is -0.159. The Kier molecular flexibility index (Phi) is 16.9. The van der Waals surface area contributed by atoms with Gasteiger partial charge in [0.15, 0.2) is 0 Å². The summed E-state index contributed by atoms with van der Waals surface area (Å²) in [5.41, 5.74) is 28.8. The Labute approximate surface area is 562 Å². The van der Waals surface area contributed by atoms with E-state index in [1.807, 2.05) is 12.2 Å². The third kappa shape index (κ3) is 11.3. The molecule has 0 bridgehead atoms. The van der Waals surface area contributed by atoms with E-state index in [0.29, 0.717) is 23.7 Å². The number of benzene rings is 4. The number of nitrogens with zero attached hydrogens (tertiary/aromatic N) is 2. The van der Waals surface area contributed by atoms with E-state index in [0.717, 1.165) is 109 Å². The molecule has 7 unspecified atom stereocenters. The lowest BCUT2D eigenvalue weighted by Crippen LogP contribution is -2.32. The minimum absolute atomic E-state index is 0.0451. The second kappa shape index (κ2) is 25.6. The van der Waals surface area contributed by atoms with E-state index in [-0.39, 0.29) is 34.5 Å². The molecule has 15 rings (SSSR count). The molecule has 0 amide bonds. The van der Waals surface area contributed by atoms with Crippen LogP contribution in [0.3, 0.4) is 0 Å². The second-order valence-corrected chi connectivity index (χ2v) is 30.4. The lowest BCUT2D eigenvalue weighted by molar-refractivity contribution is 0.00598. The lowest BCUT2D eigenvalue weighted by atomic mass is 9.65. The summed E-state index contributed by atoms with van der Waals surface area (Å²) in [4.78, 5) is 2.59. The molecule has 0 aliphatic heterocycles. The molecule has 0 saturated heterocycles. The maximum Gasteiger partial charge on any atom is 0.0797 e. The molecular weight excluding hydrogens is 1140 g/mol. The summed E-state index contributed by atoms with van der Waals surface area (Å²) in [6, 6.07) is 36.0. The highest BCUT2D eigenvalue weighted by molar-refractivity contribution is 5.95. The van der Waals surface area contributed by atoms with Gasteiger partial charge in [-0.15, -0.1) is 0 Å². The van der Waals surface area contributed by atoms with Crippen LogP contribution in [0.5, 0.6) is 0 Å². The molecule has 0 radical (unpaired) electrons. The van der Waals surface area contributed by atoms with E-state index >= 15 is 0 Å². The van der Waals surface area contributed by atoms with Gasteiger partial charge in [-0.2, -0.15) is 0 Å². The van der Waals surface area contributed by atoms with Crippen LogP contribution in [-0.2, 0) is 22.0 Å². The van der Waals surface area contributed by atoms with Gasteiger partial charge in [0.05, 0.1) is 18.2 Å². The molecule has 0 saturated carbocycles. The van der Waals surface area contributed by atoms with Crippen LogP contribution in [0, 0.1) is 17.3 Å². The van der Waals surface area contributed by atoms with Crippen molar-refractivity contribution in [2.75, 3.05) is 4.90 Å². The summed E-state index contributed by atoms with van der Waals surface area (Å²) < 4.78 is 9.58. The van der Waals surface area contributed by atoms with Gasteiger partial charge in [-0.05, 0) is 211 Å². The van der Waals surface area contributed by atoms with Crippen molar-refractivity contribution in [3.05, 3.63) is 309 Å². The van der Waals surface area contributed by atoms with Crippen molar-refractivity contribution in [2.45, 2.75) is 192 Å². The molecule has 10 aliphatic carbocycles. The maximum absolute atomic E-state index is 6.76. The highest BCUT2D eigenvalue weighted by atomic mass is 16.5. The van der Waals surface area contributed by atoms with Gasteiger partial charge in [0.25, 0.3) is 0 Å². The van der Waals surface area contributed by atoms with Crippen LogP contribution >= 0.6 is 0 Å². The van der Waals surface area contributed by atoms with Gasteiger partial charge >= 0.3 is 0 Å². The van der Waals surface area contributed by atoms with Crippen LogP contribution in [0.4, 0.5) is 5.69 Å². The van der Waals surface area contributed by atoms with Crippen LogP contribution in [0.15, 0.2) is 264 Å². The Morgan fingerprint density at radius 1 is 0.702 bits per heavy atom. The molecule has 0 fully saturated rings. The van der Waals surface area contributed by atoms with Gasteiger partial charge in [0.2, 0.25) is 0 Å². The average Bonchev–Trinajstić information content (AvgIpc) is 1.56. The van der Waals surface area contributed by atoms with E-state index in [9.17, 15) is 0 Å². The fraction of sp³-hybridized carbons (Fsp3) is 0.363. The topological polar surface area (TPSA) is 17.4 Å². The third-order valence-corrected chi connectivity index (χ3v) is 23.9. The highest BCUT2D eigenvalue weighted by Crippen LogP contribution is 2.62. The zero-order valence-electron chi connectivity index (χ0n) is 57.0. The monoisotopic (exact) mass is 1230 g/mol. The molecule has 8 atom stereocenters. The van der Waals surface area contributed by atoms with Crippen molar-refractivity contribution in [1.29, 1.82) is 0 Å². The average molecular weight is 1240 g/mol. The first-order chi connectivity index (χ1) is 45.8. The van der Waals surface area contributed by atoms with Crippen molar-refractivity contribution in [2.24, 2.45) is 17.3 Å². The molecule has 3 nitrogen and oxygen atoms in total. The molecule has 3 heteroatoms. The summed E-state index contributed by atoms with van der Waals surface area (Å²) in [5, 5.41) is 1.42. The van der Waals surface area contributed by atoms with Gasteiger partial charge < -0.3 is 14.2 Å². The van der Waals surface area contributed by atoms with Crippen molar-refractivity contribution >= 4 is 33.8 Å².